The second kappa shape index (κ2) is 9.21. The fraction of sp³-hybridized carbons (Fsp3) is 0.455. The zero-order valence-corrected chi connectivity index (χ0v) is 17.2. The van der Waals surface area contributed by atoms with E-state index in [0.29, 0.717) is 12.4 Å². The molecule has 0 spiro atoms. The van der Waals surface area contributed by atoms with Crippen LogP contribution < -0.4 is 10.6 Å². The molecule has 0 aliphatic heterocycles. The molecule has 1 aromatic carbocycles. The topological polar surface area (TPSA) is 105 Å². The highest BCUT2D eigenvalue weighted by Crippen LogP contribution is 2.26. The molecule has 3 aromatic rings. The van der Waals surface area contributed by atoms with E-state index >= 15 is 0 Å². The van der Waals surface area contributed by atoms with Crippen LogP contribution in [-0.4, -0.2) is 49.5 Å². The van der Waals surface area contributed by atoms with Gasteiger partial charge in [-0.1, -0.05) is 18.2 Å². The number of amides is 1. The maximum atomic E-state index is 12.4. The van der Waals surface area contributed by atoms with Gasteiger partial charge in [-0.15, -0.1) is 0 Å². The number of hydrogen-bond donors (Lipinski definition) is 3. The van der Waals surface area contributed by atoms with Gasteiger partial charge in [-0.3, -0.25) is 4.79 Å². The first kappa shape index (κ1) is 20.3. The molecule has 1 unspecified atom stereocenters. The van der Waals surface area contributed by atoms with Crippen LogP contribution in [0.25, 0.3) is 16.7 Å². The highest BCUT2D eigenvalue weighted by molar-refractivity contribution is 5.80. The predicted molar refractivity (Wildman–Crippen MR) is 115 cm³/mol. The van der Waals surface area contributed by atoms with Gasteiger partial charge in [0.2, 0.25) is 11.9 Å². The Morgan fingerprint density at radius 2 is 2.03 bits per heavy atom. The lowest BCUT2D eigenvalue weighted by molar-refractivity contribution is -0.126. The van der Waals surface area contributed by atoms with Gasteiger partial charge in [0, 0.05) is 42.3 Å². The number of rotatable bonds is 7. The minimum absolute atomic E-state index is 0.00728. The number of hydrogen-bond acceptors (Lipinski definition) is 6. The molecule has 0 bridgehead atoms. The van der Waals surface area contributed by atoms with E-state index in [4.69, 9.17) is 5.11 Å². The Labute approximate surface area is 175 Å². The number of aromatic nitrogens is 4. The second-order valence-electron chi connectivity index (χ2n) is 7.97. The predicted octanol–water partition coefficient (Wildman–Crippen LogP) is 2.67. The summed E-state index contributed by atoms with van der Waals surface area (Å²) in [4.78, 5) is 21.4. The Morgan fingerprint density at radius 1 is 1.23 bits per heavy atom. The van der Waals surface area contributed by atoms with Crippen LogP contribution in [0.3, 0.4) is 0 Å². The lowest BCUT2D eigenvalue weighted by Gasteiger charge is -2.29. The number of carbonyl (C=O) groups is 1. The molecule has 1 fully saturated rings. The van der Waals surface area contributed by atoms with E-state index in [1.54, 1.807) is 6.20 Å². The number of fused-ring (bicyclic) bond motifs is 1. The molecular formula is C22H28N6O2. The van der Waals surface area contributed by atoms with E-state index in [-0.39, 0.29) is 30.5 Å². The third kappa shape index (κ3) is 4.59. The van der Waals surface area contributed by atoms with Crippen molar-refractivity contribution in [2.24, 2.45) is 5.92 Å². The van der Waals surface area contributed by atoms with E-state index in [0.717, 1.165) is 42.4 Å². The normalized spacial score (nSPS) is 20.1. The van der Waals surface area contributed by atoms with Crippen LogP contribution in [0.2, 0.25) is 0 Å². The first-order valence-electron chi connectivity index (χ1n) is 10.6. The van der Waals surface area contributed by atoms with Gasteiger partial charge in [0.25, 0.3) is 0 Å². The second-order valence-corrected chi connectivity index (χ2v) is 7.97. The SMILES string of the molecule is CC(CCO)NC(=O)[C@H]1CC[C@H](Nc2nccc(-n3ncc4ccccc43)n2)CC1. The zero-order valence-electron chi connectivity index (χ0n) is 17.2. The molecule has 2 aromatic heterocycles. The summed E-state index contributed by atoms with van der Waals surface area (Å²) in [5.74, 6) is 1.43. The number of para-hydroxylation sites is 1. The van der Waals surface area contributed by atoms with Gasteiger partial charge in [-0.25, -0.2) is 9.67 Å². The van der Waals surface area contributed by atoms with E-state index in [9.17, 15) is 4.79 Å². The molecule has 3 N–H and O–H groups in total. The van der Waals surface area contributed by atoms with Crippen molar-refractivity contribution in [3.63, 3.8) is 0 Å². The number of nitrogens with one attached hydrogen (secondary N) is 2. The fourth-order valence-corrected chi connectivity index (χ4v) is 4.00. The van der Waals surface area contributed by atoms with Gasteiger partial charge in [-0.05, 0) is 45.1 Å². The third-order valence-electron chi connectivity index (χ3n) is 5.72. The minimum atomic E-state index is 0.00728. The van der Waals surface area contributed by atoms with Gasteiger partial charge >= 0.3 is 0 Å². The zero-order chi connectivity index (χ0) is 20.9. The van der Waals surface area contributed by atoms with Crippen molar-refractivity contribution in [1.82, 2.24) is 25.1 Å². The standard InChI is InChI=1S/C22H28N6O2/c1-15(11-13-29)25-21(30)16-6-8-18(9-7-16)26-22-23-12-10-20(27-22)28-19-5-3-2-4-17(19)14-24-28/h2-5,10,12,14-16,18,29H,6-9,11,13H2,1H3,(H,25,30)(H,23,26,27)/t15?,16-,18-. The number of nitrogens with zero attached hydrogens (tertiary/aromatic N) is 4. The molecule has 8 nitrogen and oxygen atoms in total. The molecule has 0 saturated heterocycles. The van der Waals surface area contributed by atoms with Gasteiger partial charge in [0.1, 0.15) is 0 Å². The molecule has 158 valence electrons. The molecule has 0 radical (unpaired) electrons. The molecule has 1 amide bonds. The Balaban J connectivity index is 1.36. The van der Waals surface area contributed by atoms with Crippen molar-refractivity contribution < 1.29 is 9.90 Å². The van der Waals surface area contributed by atoms with Crippen LogP contribution in [0.5, 0.6) is 0 Å². The molecule has 1 aliphatic carbocycles. The van der Waals surface area contributed by atoms with E-state index < -0.39 is 0 Å². The number of benzene rings is 1. The first-order chi connectivity index (χ1) is 14.6. The Kier molecular flexibility index (Phi) is 6.23. The molecule has 8 heteroatoms. The highest BCUT2D eigenvalue weighted by atomic mass is 16.3. The van der Waals surface area contributed by atoms with E-state index in [1.165, 1.54) is 0 Å². The highest BCUT2D eigenvalue weighted by Gasteiger charge is 2.27. The van der Waals surface area contributed by atoms with Crippen molar-refractivity contribution >= 4 is 22.8 Å². The average molecular weight is 409 g/mol. The smallest absolute Gasteiger partial charge is 0.224 e. The van der Waals surface area contributed by atoms with Crippen molar-refractivity contribution in [3.8, 4) is 5.82 Å². The fourth-order valence-electron chi connectivity index (χ4n) is 4.00. The summed E-state index contributed by atoms with van der Waals surface area (Å²) in [5.41, 5.74) is 1.00. The molecule has 1 aliphatic rings. The molecule has 1 atom stereocenters. The molecule has 1 saturated carbocycles. The van der Waals surface area contributed by atoms with Crippen LogP contribution in [0.4, 0.5) is 5.95 Å². The Morgan fingerprint density at radius 3 is 2.83 bits per heavy atom. The lowest BCUT2D eigenvalue weighted by atomic mass is 9.85. The number of anilines is 1. The third-order valence-corrected chi connectivity index (χ3v) is 5.72. The largest absolute Gasteiger partial charge is 0.396 e. The van der Waals surface area contributed by atoms with Gasteiger partial charge in [-0.2, -0.15) is 10.1 Å². The summed E-state index contributed by atoms with van der Waals surface area (Å²) < 4.78 is 1.82. The number of aliphatic hydroxyl groups is 1. The van der Waals surface area contributed by atoms with Crippen LogP contribution in [-0.2, 0) is 4.79 Å². The lowest BCUT2D eigenvalue weighted by Crippen LogP contribution is -2.40. The van der Waals surface area contributed by atoms with Crippen molar-refractivity contribution in [2.75, 3.05) is 11.9 Å². The molecule has 4 rings (SSSR count). The maximum absolute atomic E-state index is 12.4. The summed E-state index contributed by atoms with van der Waals surface area (Å²) in [6, 6.07) is 10.1. The van der Waals surface area contributed by atoms with Crippen molar-refractivity contribution in [3.05, 3.63) is 42.7 Å². The van der Waals surface area contributed by atoms with E-state index in [2.05, 4.69) is 25.7 Å². The quantitative estimate of drug-likeness (QED) is 0.555. The van der Waals surface area contributed by atoms with Gasteiger partial charge in [0.05, 0.1) is 11.7 Å². The Bertz CT molecular complexity index is 996. The monoisotopic (exact) mass is 408 g/mol. The van der Waals surface area contributed by atoms with Gasteiger partial charge < -0.3 is 15.7 Å². The van der Waals surface area contributed by atoms with Crippen LogP contribution in [0.1, 0.15) is 39.0 Å². The summed E-state index contributed by atoms with van der Waals surface area (Å²) in [7, 11) is 0. The van der Waals surface area contributed by atoms with Crippen LogP contribution in [0, 0.1) is 5.92 Å². The van der Waals surface area contributed by atoms with E-state index in [1.807, 2.05) is 48.1 Å². The minimum Gasteiger partial charge on any atom is -0.396 e. The molecule has 30 heavy (non-hydrogen) atoms. The number of carbonyl (C=O) groups excluding carboxylic acids is 1. The van der Waals surface area contributed by atoms with Crippen molar-refractivity contribution in [2.45, 2.75) is 51.1 Å². The maximum Gasteiger partial charge on any atom is 0.224 e. The van der Waals surface area contributed by atoms with Crippen molar-refractivity contribution in [1.29, 1.82) is 0 Å². The molecular weight excluding hydrogens is 380 g/mol. The summed E-state index contributed by atoms with van der Waals surface area (Å²) in [6.45, 7) is 2.01. The number of aliphatic hydroxyl groups excluding tert-OH is 1. The average Bonchev–Trinajstić information content (AvgIpc) is 3.19. The van der Waals surface area contributed by atoms with Gasteiger partial charge in [0.15, 0.2) is 5.82 Å². The molecule has 2 heterocycles. The van der Waals surface area contributed by atoms with Crippen LogP contribution in [0.15, 0.2) is 42.7 Å². The summed E-state index contributed by atoms with van der Waals surface area (Å²) >= 11 is 0. The van der Waals surface area contributed by atoms with Crippen LogP contribution >= 0.6 is 0 Å². The summed E-state index contributed by atoms with van der Waals surface area (Å²) in [6.07, 6.45) is 7.61. The Hall–Kier alpha value is -3.00. The summed E-state index contributed by atoms with van der Waals surface area (Å²) in [5, 5.41) is 20.9. The first-order valence-corrected chi connectivity index (χ1v) is 10.6.